The van der Waals surface area contributed by atoms with E-state index in [9.17, 15) is 20.1 Å². The lowest BCUT2D eigenvalue weighted by Gasteiger charge is -2.59. The van der Waals surface area contributed by atoms with Crippen LogP contribution in [0.5, 0.6) is 0 Å². The summed E-state index contributed by atoms with van der Waals surface area (Å²) in [7, 11) is 0. The minimum absolute atomic E-state index is 0.0248. The molecule has 0 amide bonds. The van der Waals surface area contributed by atoms with Gasteiger partial charge in [-0.15, -0.1) is 0 Å². The number of rotatable bonds is 2. The summed E-state index contributed by atoms with van der Waals surface area (Å²) in [5, 5.41) is 32.2. The van der Waals surface area contributed by atoms with Gasteiger partial charge in [0.15, 0.2) is 5.78 Å². The van der Waals surface area contributed by atoms with Crippen LogP contribution in [0.25, 0.3) is 4.85 Å². The molecule has 0 bridgehead atoms. The monoisotopic (exact) mass is 389 g/mol. The first kappa shape index (κ1) is 20.0. The summed E-state index contributed by atoms with van der Waals surface area (Å²) in [4.78, 5) is 16.9. The molecule has 4 aliphatic rings. The van der Waals surface area contributed by atoms with E-state index < -0.39 is 35.0 Å². The maximum atomic E-state index is 12.6. The van der Waals surface area contributed by atoms with Crippen LogP contribution < -0.4 is 5.73 Å². The highest BCUT2D eigenvalue weighted by Gasteiger charge is 2.81. The molecule has 0 aromatic rings. The smallest absolute Gasteiger partial charge is 0.292 e. The maximum absolute atomic E-state index is 12.6. The third-order valence-corrected chi connectivity index (χ3v) is 9.26. The SMILES string of the molecule is C#[N+][C@@]12CC[C@](O)(C(=O)CO)[C@@]1(C)C[C@H](O)[C@H]1[C@H]2CCC2=C[C@H](N)CC[C@@]21C. The lowest BCUT2D eigenvalue weighted by Crippen LogP contribution is -2.68. The summed E-state index contributed by atoms with van der Waals surface area (Å²) in [5.74, 6) is -0.660. The minimum atomic E-state index is -1.72. The molecule has 8 atom stereocenters. The van der Waals surface area contributed by atoms with Crippen molar-refractivity contribution in [2.45, 2.75) is 82.1 Å². The Bertz CT molecular complexity index is 775. The molecule has 5 N–H and O–H groups in total. The van der Waals surface area contributed by atoms with Crippen LogP contribution in [0, 0.1) is 29.2 Å². The van der Waals surface area contributed by atoms with Crippen molar-refractivity contribution in [1.29, 1.82) is 0 Å². The Labute approximate surface area is 166 Å². The van der Waals surface area contributed by atoms with E-state index in [0.717, 1.165) is 25.7 Å². The molecule has 154 valence electrons. The number of nitrogens with two attached hydrogens (primary N) is 1. The summed E-state index contributed by atoms with van der Waals surface area (Å²) in [6, 6.07) is 0.0672. The van der Waals surface area contributed by atoms with Crippen LogP contribution in [0.2, 0.25) is 0 Å². The van der Waals surface area contributed by atoms with Gasteiger partial charge in [-0.2, -0.15) is 0 Å². The number of aliphatic hydroxyl groups is 3. The Kier molecular flexibility index (Phi) is 4.38. The number of hydrogen-bond acceptors (Lipinski definition) is 5. The number of aliphatic hydroxyl groups excluding tert-OH is 2. The van der Waals surface area contributed by atoms with E-state index in [-0.39, 0.29) is 36.1 Å². The minimum Gasteiger partial charge on any atom is -0.393 e. The van der Waals surface area contributed by atoms with E-state index in [4.69, 9.17) is 12.3 Å². The van der Waals surface area contributed by atoms with Crippen LogP contribution in [0.1, 0.15) is 58.8 Å². The van der Waals surface area contributed by atoms with Crippen LogP contribution in [-0.2, 0) is 4.79 Å². The molecule has 4 aliphatic carbocycles. The van der Waals surface area contributed by atoms with Gasteiger partial charge >= 0.3 is 0 Å². The fraction of sp³-hybridized carbons (Fsp3) is 0.818. The van der Waals surface area contributed by atoms with Crippen LogP contribution in [0.15, 0.2) is 11.6 Å². The summed E-state index contributed by atoms with van der Waals surface area (Å²) in [6.07, 6.45) is 5.91. The summed E-state index contributed by atoms with van der Waals surface area (Å²) >= 11 is 0. The first-order chi connectivity index (χ1) is 13.1. The van der Waals surface area contributed by atoms with Crippen molar-refractivity contribution in [2.75, 3.05) is 6.61 Å². The van der Waals surface area contributed by atoms with Crippen molar-refractivity contribution in [1.82, 2.24) is 0 Å². The van der Waals surface area contributed by atoms with Crippen molar-refractivity contribution in [3.05, 3.63) is 16.5 Å². The van der Waals surface area contributed by atoms with Gasteiger partial charge < -0.3 is 21.1 Å². The first-order valence-electron chi connectivity index (χ1n) is 10.5. The lowest BCUT2D eigenvalue weighted by molar-refractivity contribution is -0.181. The van der Waals surface area contributed by atoms with E-state index in [1.165, 1.54) is 5.57 Å². The van der Waals surface area contributed by atoms with Crippen molar-refractivity contribution in [3.8, 4) is 6.57 Å². The van der Waals surface area contributed by atoms with Crippen molar-refractivity contribution in [2.24, 2.45) is 28.4 Å². The van der Waals surface area contributed by atoms with Gasteiger partial charge in [-0.1, -0.05) is 23.4 Å². The van der Waals surface area contributed by atoms with Gasteiger partial charge in [-0.05, 0) is 50.9 Å². The Balaban J connectivity index is 1.84. The molecule has 0 radical (unpaired) electrons. The van der Waals surface area contributed by atoms with Crippen LogP contribution in [0.4, 0.5) is 0 Å². The van der Waals surface area contributed by atoms with Crippen molar-refractivity contribution in [3.63, 3.8) is 0 Å². The highest BCUT2D eigenvalue weighted by molar-refractivity contribution is 5.90. The fourth-order valence-electron chi connectivity index (χ4n) is 7.72. The zero-order valence-corrected chi connectivity index (χ0v) is 16.9. The molecule has 0 aliphatic heterocycles. The number of allylic oxidation sites excluding steroid dienone is 1. The van der Waals surface area contributed by atoms with E-state index in [1.54, 1.807) is 0 Å². The molecule has 6 heteroatoms. The van der Waals surface area contributed by atoms with E-state index >= 15 is 0 Å². The van der Waals surface area contributed by atoms with Gasteiger partial charge in [-0.25, -0.2) is 0 Å². The summed E-state index contributed by atoms with van der Waals surface area (Å²) in [5.41, 5.74) is 3.82. The molecule has 28 heavy (non-hydrogen) atoms. The summed E-state index contributed by atoms with van der Waals surface area (Å²) in [6.45, 7) is 9.36. The molecule has 0 aromatic carbocycles. The molecule has 3 saturated carbocycles. The molecule has 0 unspecified atom stereocenters. The number of ketones is 1. The standard InChI is InChI=1S/C22H33N2O4/c1-19-7-6-14(23)10-13(19)4-5-15-18(19)16(26)11-20(2)21(15,24-3)8-9-22(20,28)17(27)12-25/h3,10,14-16,18,25-26,28H,4-9,11-12,23H2,1-2H3/q+1/t14-,15-,16+,18-,19+,20+,21-,22+/m1/s1. The van der Waals surface area contributed by atoms with E-state index in [1.807, 2.05) is 6.92 Å². The Hall–Kier alpha value is -1.26. The van der Waals surface area contributed by atoms with Gasteiger partial charge in [0.25, 0.3) is 12.1 Å². The van der Waals surface area contributed by atoms with Gasteiger partial charge in [0.1, 0.15) is 12.2 Å². The molecule has 4 rings (SSSR count). The highest BCUT2D eigenvalue weighted by atomic mass is 16.3. The molecule has 0 spiro atoms. The van der Waals surface area contributed by atoms with Gasteiger partial charge in [0.05, 0.1) is 11.5 Å². The number of hydrogen-bond donors (Lipinski definition) is 4. The average molecular weight is 390 g/mol. The second-order valence-corrected chi connectivity index (χ2v) is 10.1. The second-order valence-electron chi connectivity index (χ2n) is 10.1. The molecular weight excluding hydrogens is 356 g/mol. The van der Waals surface area contributed by atoms with Crippen LogP contribution in [0.3, 0.4) is 0 Å². The van der Waals surface area contributed by atoms with Gasteiger partial charge in [0, 0.05) is 24.3 Å². The largest absolute Gasteiger partial charge is 0.393 e. The van der Waals surface area contributed by atoms with Crippen LogP contribution >= 0.6 is 0 Å². The maximum Gasteiger partial charge on any atom is 0.292 e. The Morgan fingerprint density at radius 3 is 2.68 bits per heavy atom. The van der Waals surface area contributed by atoms with E-state index in [2.05, 4.69) is 17.8 Å². The summed E-state index contributed by atoms with van der Waals surface area (Å²) < 4.78 is 0. The Morgan fingerprint density at radius 2 is 2.04 bits per heavy atom. The predicted molar refractivity (Wildman–Crippen MR) is 106 cm³/mol. The molecule has 0 heterocycles. The Morgan fingerprint density at radius 1 is 1.32 bits per heavy atom. The topological polar surface area (TPSA) is 108 Å². The number of Topliss-reactive ketones (excluding diaryl/α,β-unsaturated/α-hetero) is 1. The van der Waals surface area contributed by atoms with Gasteiger partial charge in [-0.3, -0.25) is 4.79 Å². The molecule has 0 aromatic heterocycles. The molecule has 0 saturated heterocycles. The van der Waals surface area contributed by atoms with Crippen LogP contribution in [-0.4, -0.2) is 51.0 Å². The number of carbonyl (C=O) groups excluding carboxylic acids is 1. The molecule has 3 fully saturated rings. The third kappa shape index (κ3) is 2.14. The van der Waals surface area contributed by atoms with Crippen molar-refractivity contribution >= 4 is 5.78 Å². The lowest BCUT2D eigenvalue weighted by atomic mass is 9.43. The normalized spacial score (nSPS) is 52.7. The molecule has 6 nitrogen and oxygen atoms in total. The first-order valence-corrected chi connectivity index (χ1v) is 10.5. The van der Waals surface area contributed by atoms with E-state index in [0.29, 0.717) is 6.42 Å². The van der Waals surface area contributed by atoms with Crippen molar-refractivity contribution < 1.29 is 20.1 Å². The quantitative estimate of drug-likeness (QED) is 0.537. The molecular formula is C22H33N2O4+. The number of carbonyl (C=O) groups is 1. The predicted octanol–water partition coefficient (Wildman–Crippen LogP) is 1.63. The fourth-order valence-corrected chi connectivity index (χ4v) is 7.72. The number of nitrogens with zero attached hydrogens (tertiary/aromatic N) is 1. The second kappa shape index (κ2) is 6.12. The van der Waals surface area contributed by atoms with Gasteiger partial charge in [0.2, 0.25) is 0 Å². The highest BCUT2D eigenvalue weighted by Crippen LogP contribution is 2.70. The zero-order valence-electron chi connectivity index (χ0n) is 16.9. The number of fused-ring (bicyclic) bond motifs is 5. The third-order valence-electron chi connectivity index (χ3n) is 9.26. The average Bonchev–Trinajstić information content (AvgIpc) is 2.90. The zero-order chi connectivity index (χ0) is 20.5.